The Kier molecular flexibility index (Phi) is 7.89. The van der Waals surface area contributed by atoms with Crippen molar-refractivity contribution in [2.75, 3.05) is 33.7 Å². The van der Waals surface area contributed by atoms with Gasteiger partial charge in [-0.05, 0) is 69.4 Å². The first-order valence-electron chi connectivity index (χ1n) is 9.98. The minimum Gasteiger partial charge on any atom is -0.347 e. The molecule has 7 heteroatoms. The van der Waals surface area contributed by atoms with Gasteiger partial charge < -0.3 is 10.2 Å². The Morgan fingerprint density at radius 1 is 1.18 bits per heavy atom. The molecule has 1 aromatic carbocycles. The summed E-state index contributed by atoms with van der Waals surface area (Å²) in [7, 11) is 3.57. The van der Waals surface area contributed by atoms with Gasteiger partial charge in [0, 0.05) is 20.1 Å². The van der Waals surface area contributed by atoms with Gasteiger partial charge in [0.05, 0.1) is 11.6 Å². The van der Waals surface area contributed by atoms with Crippen molar-refractivity contribution in [1.82, 2.24) is 15.1 Å². The van der Waals surface area contributed by atoms with Gasteiger partial charge in [-0.3, -0.25) is 9.69 Å². The van der Waals surface area contributed by atoms with Gasteiger partial charge in [-0.25, -0.2) is 0 Å². The topological polar surface area (TPSA) is 35.6 Å². The third-order valence-electron chi connectivity index (χ3n) is 5.63. The third-order valence-corrected chi connectivity index (χ3v) is 5.63. The summed E-state index contributed by atoms with van der Waals surface area (Å²) in [6.07, 6.45) is -1.81. The highest BCUT2D eigenvalue weighted by Gasteiger charge is 2.37. The molecule has 2 rings (SSSR count). The van der Waals surface area contributed by atoms with Crippen LogP contribution in [0.3, 0.4) is 0 Å². The van der Waals surface area contributed by atoms with Gasteiger partial charge in [-0.15, -0.1) is 0 Å². The molecule has 1 aliphatic rings. The van der Waals surface area contributed by atoms with Crippen LogP contribution in [0.15, 0.2) is 24.3 Å². The quantitative estimate of drug-likeness (QED) is 0.763. The minimum absolute atomic E-state index is 0.0468. The van der Waals surface area contributed by atoms with Crippen molar-refractivity contribution in [1.29, 1.82) is 0 Å². The van der Waals surface area contributed by atoms with Crippen LogP contribution in [0.5, 0.6) is 0 Å². The number of benzene rings is 1. The van der Waals surface area contributed by atoms with Crippen molar-refractivity contribution < 1.29 is 18.0 Å². The number of alkyl halides is 3. The maximum atomic E-state index is 13.0. The Labute approximate surface area is 166 Å². The van der Waals surface area contributed by atoms with E-state index in [1.54, 1.807) is 31.1 Å². The first-order chi connectivity index (χ1) is 13.1. The lowest BCUT2D eigenvalue weighted by molar-refractivity contribution is -0.138. The Hall–Kier alpha value is -1.60. The van der Waals surface area contributed by atoms with Gasteiger partial charge in [0.2, 0.25) is 5.91 Å². The number of carbonyl (C=O) groups is 1. The third kappa shape index (κ3) is 5.70. The molecule has 1 heterocycles. The molecule has 0 saturated carbocycles. The maximum absolute atomic E-state index is 13.0. The number of hydrogen-bond donors (Lipinski definition) is 1. The fourth-order valence-electron chi connectivity index (χ4n) is 4.11. The van der Waals surface area contributed by atoms with Gasteiger partial charge in [-0.2, -0.15) is 13.2 Å². The Bertz CT molecular complexity index is 625. The largest absolute Gasteiger partial charge is 0.416 e. The van der Waals surface area contributed by atoms with Gasteiger partial charge in [-0.1, -0.05) is 19.1 Å². The minimum atomic E-state index is -4.32. The summed E-state index contributed by atoms with van der Waals surface area (Å²) in [6.45, 7) is 6.63. The lowest BCUT2D eigenvalue weighted by Gasteiger charge is -2.41. The van der Waals surface area contributed by atoms with E-state index in [2.05, 4.69) is 17.1 Å². The van der Waals surface area contributed by atoms with E-state index in [-0.39, 0.29) is 23.9 Å². The molecule has 1 N–H and O–H groups in total. The van der Waals surface area contributed by atoms with Crippen molar-refractivity contribution in [2.45, 2.75) is 51.4 Å². The molecule has 2 atom stereocenters. The summed E-state index contributed by atoms with van der Waals surface area (Å²) in [5, 5.41) is 3.35. The molecule has 0 radical (unpaired) electrons. The summed E-state index contributed by atoms with van der Waals surface area (Å²) >= 11 is 0. The van der Waals surface area contributed by atoms with E-state index in [4.69, 9.17) is 0 Å². The van der Waals surface area contributed by atoms with Gasteiger partial charge in [0.1, 0.15) is 0 Å². The highest BCUT2D eigenvalue weighted by atomic mass is 19.4. The van der Waals surface area contributed by atoms with Crippen molar-refractivity contribution >= 4 is 5.91 Å². The fourth-order valence-corrected chi connectivity index (χ4v) is 4.11. The molecule has 0 aliphatic carbocycles. The second-order valence-electron chi connectivity index (χ2n) is 7.84. The average molecular weight is 400 g/mol. The highest BCUT2D eigenvalue weighted by Crippen LogP contribution is 2.30. The van der Waals surface area contributed by atoms with Crippen LogP contribution in [0, 0.1) is 5.92 Å². The number of amides is 1. The van der Waals surface area contributed by atoms with E-state index in [1.807, 2.05) is 6.92 Å². The Morgan fingerprint density at radius 2 is 1.75 bits per heavy atom. The maximum Gasteiger partial charge on any atom is 0.416 e. The monoisotopic (exact) mass is 399 g/mol. The molecule has 1 amide bonds. The molecule has 158 valence electrons. The highest BCUT2D eigenvalue weighted by molar-refractivity contribution is 5.81. The van der Waals surface area contributed by atoms with Crippen LogP contribution in [0.25, 0.3) is 0 Å². The molecule has 0 bridgehead atoms. The van der Waals surface area contributed by atoms with E-state index in [1.165, 1.54) is 0 Å². The molecular weight excluding hydrogens is 367 g/mol. The Morgan fingerprint density at radius 3 is 2.21 bits per heavy atom. The molecule has 1 aromatic rings. The van der Waals surface area contributed by atoms with Crippen LogP contribution >= 0.6 is 0 Å². The predicted octanol–water partition coefficient (Wildman–Crippen LogP) is 3.41. The number of carbonyl (C=O) groups excluding carboxylic acids is 1. The standard InChI is InChI=1S/C21H32F3N3O/c1-5-27(19(20(28)26(3)4)17-10-12-25-13-11-17)15(2)14-16-6-8-18(9-7-16)21(22,23)24/h6-9,15,17,19,25H,5,10-14H2,1-4H3. The second kappa shape index (κ2) is 9.74. The predicted molar refractivity (Wildman–Crippen MR) is 105 cm³/mol. The van der Waals surface area contributed by atoms with E-state index in [0.717, 1.165) is 50.2 Å². The molecule has 1 fully saturated rings. The zero-order valence-electron chi connectivity index (χ0n) is 17.2. The smallest absolute Gasteiger partial charge is 0.347 e. The Balaban J connectivity index is 2.18. The average Bonchev–Trinajstić information content (AvgIpc) is 2.65. The van der Waals surface area contributed by atoms with Crippen LogP contribution < -0.4 is 5.32 Å². The second-order valence-corrected chi connectivity index (χ2v) is 7.84. The van der Waals surface area contributed by atoms with E-state index in [0.29, 0.717) is 6.42 Å². The number of halogens is 3. The van der Waals surface area contributed by atoms with Crippen LogP contribution in [-0.2, 0) is 17.4 Å². The SMILES string of the molecule is CCN(C(C)Cc1ccc(C(F)(F)F)cc1)C(C(=O)N(C)C)C1CCNCC1. The van der Waals surface area contributed by atoms with Crippen molar-refractivity contribution in [3.63, 3.8) is 0 Å². The van der Waals surface area contributed by atoms with Gasteiger partial charge >= 0.3 is 6.18 Å². The molecule has 4 nitrogen and oxygen atoms in total. The van der Waals surface area contributed by atoms with E-state index >= 15 is 0 Å². The number of nitrogens with zero attached hydrogens (tertiary/aromatic N) is 2. The fraction of sp³-hybridized carbons (Fsp3) is 0.667. The molecule has 28 heavy (non-hydrogen) atoms. The van der Waals surface area contributed by atoms with Crippen LogP contribution in [0.2, 0.25) is 0 Å². The van der Waals surface area contributed by atoms with Crippen LogP contribution in [-0.4, -0.2) is 61.5 Å². The van der Waals surface area contributed by atoms with Crippen LogP contribution in [0.1, 0.15) is 37.8 Å². The van der Waals surface area contributed by atoms with Crippen LogP contribution in [0.4, 0.5) is 13.2 Å². The van der Waals surface area contributed by atoms with Crippen molar-refractivity contribution in [3.05, 3.63) is 35.4 Å². The summed E-state index contributed by atoms with van der Waals surface area (Å²) < 4.78 is 38.4. The van der Waals surface area contributed by atoms with E-state index in [9.17, 15) is 18.0 Å². The lowest BCUT2D eigenvalue weighted by Crippen LogP contribution is -2.55. The number of hydrogen-bond acceptors (Lipinski definition) is 3. The molecule has 2 unspecified atom stereocenters. The van der Waals surface area contributed by atoms with E-state index < -0.39 is 11.7 Å². The molecule has 1 aliphatic heterocycles. The van der Waals surface area contributed by atoms with Crippen molar-refractivity contribution in [2.24, 2.45) is 5.92 Å². The summed E-state index contributed by atoms with van der Waals surface area (Å²) in [6, 6.07) is 5.19. The molecular formula is C21H32F3N3O. The normalized spacial score (nSPS) is 18.1. The first-order valence-corrected chi connectivity index (χ1v) is 9.98. The lowest BCUT2D eigenvalue weighted by atomic mass is 9.87. The zero-order valence-corrected chi connectivity index (χ0v) is 17.2. The number of piperidine rings is 1. The zero-order chi connectivity index (χ0) is 20.9. The number of rotatable bonds is 7. The molecule has 0 aromatic heterocycles. The van der Waals surface area contributed by atoms with Crippen molar-refractivity contribution in [3.8, 4) is 0 Å². The molecule has 0 spiro atoms. The number of likely N-dealkylation sites (N-methyl/N-ethyl adjacent to an activating group) is 2. The molecule has 1 saturated heterocycles. The summed E-state index contributed by atoms with van der Waals surface area (Å²) in [5.74, 6) is 0.388. The first kappa shape index (κ1) is 22.7. The van der Waals surface area contributed by atoms with Gasteiger partial charge in [0.15, 0.2) is 0 Å². The van der Waals surface area contributed by atoms with Gasteiger partial charge in [0.25, 0.3) is 0 Å². The summed E-state index contributed by atoms with van der Waals surface area (Å²) in [4.78, 5) is 16.9. The number of nitrogens with one attached hydrogen (secondary N) is 1. The summed E-state index contributed by atoms with van der Waals surface area (Å²) in [5.41, 5.74) is 0.215.